The molecular weight excluding hydrogens is 140 g/mol. The van der Waals surface area contributed by atoms with Gasteiger partial charge >= 0.3 is 0 Å². The van der Waals surface area contributed by atoms with Crippen LogP contribution < -0.4 is 0 Å². The molecule has 4 heteroatoms. The van der Waals surface area contributed by atoms with Crippen LogP contribution in [0.15, 0.2) is 0 Å². The van der Waals surface area contributed by atoms with Gasteiger partial charge < -0.3 is 14.9 Å². The molecule has 2 N–H and O–H groups in total. The number of aliphatic hydroxyl groups excluding tert-OH is 2. The number of hydrogen-bond donors (Lipinski definition) is 3. The highest BCUT2D eigenvalue weighted by atomic mass is 32.1. The molecule has 1 saturated heterocycles. The predicted molar refractivity (Wildman–Crippen MR) is 35.0 cm³/mol. The van der Waals surface area contributed by atoms with Crippen LogP contribution in [0.1, 0.15) is 0 Å². The Hall–Kier alpha value is 0.230. The lowest BCUT2D eigenvalue weighted by Gasteiger charge is -2.10. The Morgan fingerprint density at radius 3 is 2.56 bits per heavy atom. The molecule has 1 aliphatic heterocycles. The first-order valence-corrected chi connectivity index (χ1v) is 3.23. The predicted octanol–water partition coefficient (Wildman–Crippen LogP) is -0.801. The van der Waals surface area contributed by atoms with Crippen LogP contribution in [0, 0.1) is 6.61 Å². The van der Waals surface area contributed by atoms with Crippen molar-refractivity contribution in [2.45, 2.75) is 17.5 Å². The summed E-state index contributed by atoms with van der Waals surface area (Å²) >= 11 is 3.96. The number of rotatable bonds is 1. The Balaban J connectivity index is 2.41. The molecular formula is C5H9O3S. The SMILES string of the molecule is OCC1O[CH]C(S)C1O. The fourth-order valence-corrected chi connectivity index (χ4v) is 0.976. The van der Waals surface area contributed by atoms with Gasteiger partial charge in [-0.25, -0.2) is 0 Å². The van der Waals surface area contributed by atoms with Gasteiger partial charge in [-0.05, 0) is 0 Å². The van der Waals surface area contributed by atoms with Crippen molar-refractivity contribution in [1.29, 1.82) is 0 Å². The molecule has 0 aromatic carbocycles. The molecule has 1 heterocycles. The third kappa shape index (κ3) is 1.38. The Morgan fingerprint density at radius 1 is 1.67 bits per heavy atom. The molecule has 1 aliphatic rings. The van der Waals surface area contributed by atoms with E-state index in [1.54, 1.807) is 0 Å². The van der Waals surface area contributed by atoms with Gasteiger partial charge in [-0.2, -0.15) is 12.6 Å². The number of thiol groups is 1. The summed E-state index contributed by atoms with van der Waals surface area (Å²) in [6.45, 7) is 1.27. The molecule has 0 aromatic rings. The van der Waals surface area contributed by atoms with E-state index in [1.165, 1.54) is 6.61 Å². The average Bonchev–Trinajstić information content (AvgIpc) is 2.15. The van der Waals surface area contributed by atoms with Crippen molar-refractivity contribution < 1.29 is 14.9 Å². The molecule has 1 rings (SSSR count). The van der Waals surface area contributed by atoms with E-state index >= 15 is 0 Å². The van der Waals surface area contributed by atoms with E-state index in [4.69, 9.17) is 14.9 Å². The number of ether oxygens (including phenoxy) is 1. The van der Waals surface area contributed by atoms with E-state index in [0.29, 0.717) is 0 Å². The van der Waals surface area contributed by atoms with Gasteiger partial charge in [0.25, 0.3) is 0 Å². The molecule has 3 atom stereocenters. The van der Waals surface area contributed by atoms with Crippen LogP contribution >= 0.6 is 12.6 Å². The highest BCUT2D eigenvalue weighted by molar-refractivity contribution is 7.81. The van der Waals surface area contributed by atoms with Gasteiger partial charge in [-0.1, -0.05) is 0 Å². The van der Waals surface area contributed by atoms with Crippen molar-refractivity contribution in [3.8, 4) is 0 Å². The van der Waals surface area contributed by atoms with Crippen LogP contribution in [0.3, 0.4) is 0 Å². The van der Waals surface area contributed by atoms with Crippen molar-refractivity contribution in [1.82, 2.24) is 0 Å². The fraction of sp³-hybridized carbons (Fsp3) is 0.800. The van der Waals surface area contributed by atoms with Gasteiger partial charge in [-0.15, -0.1) is 0 Å². The maximum absolute atomic E-state index is 9.06. The van der Waals surface area contributed by atoms with Crippen molar-refractivity contribution in [2.75, 3.05) is 6.61 Å². The number of aliphatic hydroxyl groups is 2. The molecule has 53 valence electrons. The lowest BCUT2D eigenvalue weighted by atomic mass is 10.2. The standard InChI is InChI=1S/C5H9O3S/c6-1-3-5(7)4(9)2-8-3/h2-7,9H,1H2. The van der Waals surface area contributed by atoms with E-state index in [-0.39, 0.29) is 11.9 Å². The summed E-state index contributed by atoms with van der Waals surface area (Å²) in [5, 5.41) is 17.3. The van der Waals surface area contributed by atoms with Crippen molar-refractivity contribution in [3.63, 3.8) is 0 Å². The second-order valence-electron chi connectivity index (χ2n) is 1.97. The first-order chi connectivity index (χ1) is 4.25. The molecule has 1 fully saturated rings. The minimum atomic E-state index is -0.668. The van der Waals surface area contributed by atoms with Crippen LogP contribution in [0.2, 0.25) is 0 Å². The zero-order valence-electron chi connectivity index (χ0n) is 4.77. The summed E-state index contributed by atoms with van der Waals surface area (Å²) in [5.41, 5.74) is 0. The van der Waals surface area contributed by atoms with E-state index in [0.717, 1.165) is 0 Å². The van der Waals surface area contributed by atoms with Crippen molar-refractivity contribution >= 4 is 12.6 Å². The van der Waals surface area contributed by atoms with E-state index in [2.05, 4.69) is 12.6 Å². The van der Waals surface area contributed by atoms with Crippen LogP contribution in [0.25, 0.3) is 0 Å². The van der Waals surface area contributed by atoms with E-state index in [1.807, 2.05) is 0 Å². The minimum absolute atomic E-state index is 0.158. The van der Waals surface area contributed by atoms with Crippen LogP contribution in [-0.4, -0.2) is 34.3 Å². The molecule has 0 spiro atoms. The normalized spacial score (nSPS) is 43.7. The molecule has 0 saturated carbocycles. The highest BCUT2D eigenvalue weighted by Gasteiger charge is 2.33. The van der Waals surface area contributed by atoms with Crippen LogP contribution in [0.5, 0.6) is 0 Å². The first-order valence-electron chi connectivity index (χ1n) is 2.71. The fourth-order valence-electron chi connectivity index (χ4n) is 0.713. The topological polar surface area (TPSA) is 49.7 Å². The maximum atomic E-state index is 9.06. The Labute approximate surface area is 59.1 Å². The minimum Gasteiger partial charge on any atom is -0.394 e. The smallest absolute Gasteiger partial charge is 0.108 e. The molecule has 0 aromatic heterocycles. The summed E-state index contributed by atoms with van der Waals surface area (Å²) < 4.78 is 4.83. The van der Waals surface area contributed by atoms with Crippen molar-refractivity contribution in [2.24, 2.45) is 0 Å². The zero-order valence-corrected chi connectivity index (χ0v) is 5.66. The van der Waals surface area contributed by atoms with Crippen LogP contribution in [-0.2, 0) is 4.74 Å². The van der Waals surface area contributed by atoms with E-state index < -0.39 is 12.2 Å². The molecule has 0 amide bonds. The lowest BCUT2D eigenvalue weighted by Crippen LogP contribution is -2.29. The molecule has 9 heavy (non-hydrogen) atoms. The first kappa shape index (κ1) is 7.34. The third-order valence-electron chi connectivity index (χ3n) is 1.30. The summed E-state index contributed by atoms with van der Waals surface area (Å²) in [6, 6.07) is 0. The Kier molecular flexibility index (Phi) is 2.35. The van der Waals surface area contributed by atoms with Gasteiger partial charge in [0.1, 0.15) is 6.10 Å². The third-order valence-corrected chi connectivity index (χ3v) is 1.73. The van der Waals surface area contributed by atoms with Gasteiger partial charge in [0.15, 0.2) is 0 Å². The van der Waals surface area contributed by atoms with Gasteiger partial charge in [0.05, 0.1) is 24.6 Å². The maximum Gasteiger partial charge on any atom is 0.108 e. The zero-order chi connectivity index (χ0) is 6.85. The van der Waals surface area contributed by atoms with E-state index in [9.17, 15) is 0 Å². The summed E-state index contributed by atoms with van der Waals surface area (Å²) in [4.78, 5) is 0. The second-order valence-corrected chi connectivity index (χ2v) is 2.57. The van der Waals surface area contributed by atoms with Gasteiger partial charge in [0, 0.05) is 0 Å². The Bertz CT molecular complexity index is 98.2. The molecule has 3 nitrogen and oxygen atoms in total. The largest absolute Gasteiger partial charge is 0.394 e. The van der Waals surface area contributed by atoms with Gasteiger partial charge in [-0.3, -0.25) is 0 Å². The van der Waals surface area contributed by atoms with Gasteiger partial charge in [0.2, 0.25) is 0 Å². The molecule has 1 radical (unpaired) electrons. The second kappa shape index (κ2) is 2.88. The molecule has 3 unspecified atom stereocenters. The monoisotopic (exact) mass is 149 g/mol. The van der Waals surface area contributed by atoms with Crippen LogP contribution in [0.4, 0.5) is 0 Å². The quantitative estimate of drug-likeness (QED) is 0.428. The summed E-state index contributed by atoms with van der Waals surface area (Å²) in [7, 11) is 0. The summed E-state index contributed by atoms with van der Waals surface area (Å²) in [5.74, 6) is 0. The summed E-state index contributed by atoms with van der Waals surface area (Å²) in [6.07, 6.45) is -1.15. The molecule has 0 bridgehead atoms. The lowest BCUT2D eigenvalue weighted by molar-refractivity contribution is 0.0175. The number of hydrogen-bond acceptors (Lipinski definition) is 4. The van der Waals surface area contributed by atoms with Crippen molar-refractivity contribution in [3.05, 3.63) is 6.61 Å². The average molecular weight is 149 g/mol. The molecule has 0 aliphatic carbocycles. The highest BCUT2D eigenvalue weighted by Crippen LogP contribution is 2.21. The Morgan fingerprint density at radius 2 is 2.33 bits per heavy atom.